The Kier molecular flexibility index (Phi) is 8.07. The molecule has 1 aromatic rings. The summed E-state index contributed by atoms with van der Waals surface area (Å²) >= 11 is 0. The molecule has 0 unspecified atom stereocenters. The van der Waals surface area contributed by atoms with E-state index in [-0.39, 0.29) is 10.8 Å². The van der Waals surface area contributed by atoms with Crippen LogP contribution in [0.3, 0.4) is 0 Å². The number of carbonyl (C=O) groups excluding carboxylic acids is 1. The van der Waals surface area contributed by atoms with Crippen molar-refractivity contribution in [1.82, 2.24) is 14.9 Å². The molecule has 0 atom stereocenters. The molecule has 0 aromatic heterocycles. The molecule has 8 heteroatoms. The van der Waals surface area contributed by atoms with Crippen molar-refractivity contribution in [3.63, 3.8) is 0 Å². The smallest absolute Gasteiger partial charge is 0.253 e. The van der Waals surface area contributed by atoms with Crippen molar-refractivity contribution in [2.24, 2.45) is 0 Å². The van der Waals surface area contributed by atoms with Gasteiger partial charge in [0.1, 0.15) is 0 Å². The lowest BCUT2D eigenvalue weighted by Crippen LogP contribution is -2.35. The summed E-state index contributed by atoms with van der Waals surface area (Å²) in [5, 5.41) is 6.15. The van der Waals surface area contributed by atoms with E-state index < -0.39 is 10.0 Å². The first kappa shape index (κ1) is 21.7. The number of nitrogens with one attached hydrogen (secondary N) is 2. The van der Waals surface area contributed by atoms with E-state index >= 15 is 0 Å². The summed E-state index contributed by atoms with van der Waals surface area (Å²) in [6.07, 6.45) is 4.39. The van der Waals surface area contributed by atoms with Gasteiger partial charge >= 0.3 is 0 Å². The molecule has 1 fully saturated rings. The van der Waals surface area contributed by atoms with Crippen molar-refractivity contribution in [3.8, 4) is 0 Å². The second-order valence-corrected chi connectivity index (χ2v) is 9.17. The van der Waals surface area contributed by atoms with Gasteiger partial charge in [-0.1, -0.05) is 6.92 Å². The molecular weight excluding hydrogens is 364 g/mol. The van der Waals surface area contributed by atoms with Gasteiger partial charge in [0.05, 0.1) is 10.5 Å². The Labute approximate surface area is 163 Å². The molecule has 2 N–H and O–H groups in total. The van der Waals surface area contributed by atoms with Crippen LogP contribution in [0.25, 0.3) is 0 Å². The van der Waals surface area contributed by atoms with Crippen LogP contribution < -0.4 is 15.5 Å². The fourth-order valence-corrected chi connectivity index (χ4v) is 4.07. The van der Waals surface area contributed by atoms with Gasteiger partial charge in [-0.3, -0.25) is 4.79 Å². The highest BCUT2D eigenvalue weighted by atomic mass is 32.2. The topological polar surface area (TPSA) is 81.7 Å². The van der Waals surface area contributed by atoms with Crippen molar-refractivity contribution in [2.75, 3.05) is 51.7 Å². The molecule has 0 bridgehead atoms. The molecular formula is C19H32N4O3S. The van der Waals surface area contributed by atoms with Gasteiger partial charge in [0.15, 0.2) is 0 Å². The standard InChI is InChI=1S/C19H32N4O3S/c1-4-10-20-11-12-21-19(24)17-15-16(27(25,26)22(2)3)8-9-18(17)23-13-6-5-7-14-23/h8-9,15,20H,4-7,10-14H2,1-3H3,(H,21,24). The molecule has 152 valence electrons. The maximum atomic E-state index is 12.8. The first-order valence-electron chi connectivity index (χ1n) is 9.68. The van der Waals surface area contributed by atoms with Crippen LogP contribution in [0, 0.1) is 0 Å². The first-order chi connectivity index (χ1) is 12.9. The minimum absolute atomic E-state index is 0.141. The van der Waals surface area contributed by atoms with E-state index in [4.69, 9.17) is 0 Å². The van der Waals surface area contributed by atoms with Crippen molar-refractivity contribution in [1.29, 1.82) is 0 Å². The van der Waals surface area contributed by atoms with E-state index in [1.165, 1.54) is 30.9 Å². The summed E-state index contributed by atoms with van der Waals surface area (Å²) in [5.41, 5.74) is 1.24. The Morgan fingerprint density at radius 1 is 1.11 bits per heavy atom. The highest BCUT2D eigenvalue weighted by Crippen LogP contribution is 2.27. The average Bonchev–Trinajstić information content (AvgIpc) is 2.67. The number of amides is 1. The number of sulfonamides is 1. The van der Waals surface area contributed by atoms with Gasteiger partial charge in [-0.2, -0.15) is 0 Å². The predicted octanol–water partition coefficient (Wildman–Crippen LogP) is 1.66. The molecule has 1 heterocycles. The number of rotatable bonds is 9. The molecule has 1 aromatic carbocycles. The number of benzene rings is 1. The van der Waals surface area contributed by atoms with Crippen molar-refractivity contribution in [3.05, 3.63) is 23.8 Å². The number of hydrogen-bond acceptors (Lipinski definition) is 5. The zero-order valence-corrected chi connectivity index (χ0v) is 17.4. The monoisotopic (exact) mass is 396 g/mol. The summed E-state index contributed by atoms with van der Waals surface area (Å²) < 4.78 is 26.2. The summed E-state index contributed by atoms with van der Waals surface area (Å²) in [5.74, 6) is -0.232. The zero-order chi connectivity index (χ0) is 19.9. The van der Waals surface area contributed by atoms with Crippen molar-refractivity contribution < 1.29 is 13.2 Å². The molecule has 1 aliphatic heterocycles. The maximum Gasteiger partial charge on any atom is 0.253 e. The molecule has 7 nitrogen and oxygen atoms in total. The van der Waals surface area contributed by atoms with Crippen LogP contribution >= 0.6 is 0 Å². The van der Waals surface area contributed by atoms with Crippen LogP contribution in [0.5, 0.6) is 0 Å². The molecule has 1 amide bonds. The predicted molar refractivity (Wildman–Crippen MR) is 109 cm³/mol. The Morgan fingerprint density at radius 2 is 1.81 bits per heavy atom. The van der Waals surface area contributed by atoms with Crippen LogP contribution in [0.15, 0.2) is 23.1 Å². The third kappa shape index (κ3) is 5.67. The van der Waals surface area contributed by atoms with Gasteiger partial charge in [0.2, 0.25) is 10.0 Å². The normalized spacial score (nSPS) is 15.2. The van der Waals surface area contributed by atoms with Crippen LogP contribution in [0.4, 0.5) is 5.69 Å². The van der Waals surface area contributed by atoms with Gasteiger partial charge in [-0.15, -0.1) is 0 Å². The van der Waals surface area contributed by atoms with Crippen LogP contribution in [-0.4, -0.2) is 65.4 Å². The van der Waals surface area contributed by atoms with E-state index in [2.05, 4.69) is 22.5 Å². The van der Waals surface area contributed by atoms with E-state index in [1.807, 2.05) is 0 Å². The summed E-state index contributed by atoms with van der Waals surface area (Å²) in [4.78, 5) is 15.1. The Balaban J connectivity index is 2.27. The number of nitrogens with zero attached hydrogens (tertiary/aromatic N) is 2. The maximum absolute atomic E-state index is 12.8. The minimum Gasteiger partial charge on any atom is -0.371 e. The van der Waals surface area contributed by atoms with Crippen LogP contribution in [0.2, 0.25) is 0 Å². The van der Waals surface area contributed by atoms with E-state index in [0.717, 1.165) is 44.6 Å². The summed E-state index contributed by atoms with van der Waals surface area (Å²) in [7, 11) is -0.604. The van der Waals surface area contributed by atoms with Gasteiger partial charge in [-0.25, -0.2) is 12.7 Å². The molecule has 0 radical (unpaired) electrons. The van der Waals surface area contributed by atoms with Gasteiger partial charge < -0.3 is 15.5 Å². The molecule has 0 spiro atoms. The summed E-state index contributed by atoms with van der Waals surface area (Å²) in [6, 6.07) is 4.87. The van der Waals surface area contributed by atoms with E-state index in [0.29, 0.717) is 18.7 Å². The lowest BCUT2D eigenvalue weighted by atomic mass is 10.1. The second kappa shape index (κ2) is 10.1. The largest absolute Gasteiger partial charge is 0.371 e. The van der Waals surface area contributed by atoms with E-state index in [9.17, 15) is 13.2 Å². The summed E-state index contributed by atoms with van der Waals surface area (Å²) in [6.45, 7) is 5.96. The molecule has 27 heavy (non-hydrogen) atoms. The third-order valence-electron chi connectivity index (χ3n) is 4.70. The average molecular weight is 397 g/mol. The van der Waals surface area contributed by atoms with Gasteiger partial charge in [0.25, 0.3) is 5.91 Å². The highest BCUT2D eigenvalue weighted by molar-refractivity contribution is 7.89. The van der Waals surface area contributed by atoms with E-state index in [1.54, 1.807) is 12.1 Å². The van der Waals surface area contributed by atoms with Gasteiger partial charge in [0, 0.05) is 46.0 Å². The Bertz CT molecular complexity index is 728. The van der Waals surface area contributed by atoms with Crippen LogP contribution in [-0.2, 0) is 10.0 Å². The van der Waals surface area contributed by atoms with Crippen molar-refractivity contribution >= 4 is 21.6 Å². The Hall–Kier alpha value is -1.64. The fraction of sp³-hybridized carbons (Fsp3) is 0.632. The first-order valence-corrected chi connectivity index (χ1v) is 11.1. The lowest BCUT2D eigenvalue weighted by molar-refractivity contribution is 0.0954. The molecule has 1 aliphatic rings. The number of carbonyl (C=O) groups is 1. The van der Waals surface area contributed by atoms with Crippen LogP contribution in [0.1, 0.15) is 43.0 Å². The molecule has 2 rings (SSSR count). The number of piperidine rings is 1. The zero-order valence-electron chi connectivity index (χ0n) is 16.6. The third-order valence-corrected chi connectivity index (χ3v) is 6.51. The quantitative estimate of drug-likeness (QED) is 0.621. The lowest BCUT2D eigenvalue weighted by Gasteiger charge is -2.30. The SMILES string of the molecule is CCCNCCNC(=O)c1cc(S(=O)(=O)N(C)C)ccc1N1CCCCC1. The highest BCUT2D eigenvalue weighted by Gasteiger charge is 2.24. The fourth-order valence-electron chi connectivity index (χ4n) is 3.14. The van der Waals surface area contributed by atoms with Crippen molar-refractivity contribution in [2.45, 2.75) is 37.5 Å². The number of hydrogen-bond donors (Lipinski definition) is 2. The molecule has 0 saturated carbocycles. The molecule has 1 saturated heterocycles. The molecule has 0 aliphatic carbocycles. The minimum atomic E-state index is -3.59. The second-order valence-electron chi connectivity index (χ2n) is 7.02. The van der Waals surface area contributed by atoms with Gasteiger partial charge in [-0.05, 0) is 50.4 Å². The number of anilines is 1. The Morgan fingerprint density at radius 3 is 2.44 bits per heavy atom.